The lowest BCUT2D eigenvalue weighted by Crippen LogP contribution is -2.46. The summed E-state index contributed by atoms with van der Waals surface area (Å²) in [6, 6.07) is 8.91. The second-order valence-electron chi connectivity index (χ2n) is 10.8. The molecule has 2 aromatic heterocycles. The number of nitrogens with zero attached hydrogens (tertiary/aromatic N) is 4. The molecule has 0 radical (unpaired) electrons. The maximum absolute atomic E-state index is 14.9. The molecule has 1 N–H and O–H groups in total. The van der Waals surface area contributed by atoms with Crippen molar-refractivity contribution in [3.05, 3.63) is 76.8 Å². The highest BCUT2D eigenvalue weighted by Gasteiger charge is 2.48. The van der Waals surface area contributed by atoms with Gasteiger partial charge in [-0.15, -0.1) is 0 Å². The molecule has 1 saturated carbocycles. The minimum absolute atomic E-state index is 0.0549. The van der Waals surface area contributed by atoms with Crippen LogP contribution < -0.4 is 0 Å². The summed E-state index contributed by atoms with van der Waals surface area (Å²) in [6.45, 7) is 3.38. The van der Waals surface area contributed by atoms with Crippen LogP contribution in [0.2, 0.25) is 0 Å². The third kappa shape index (κ3) is 4.71. The number of benzene rings is 1. The smallest absolute Gasteiger partial charge is 0.338 e. The van der Waals surface area contributed by atoms with Crippen molar-refractivity contribution in [2.45, 2.75) is 76.2 Å². The summed E-state index contributed by atoms with van der Waals surface area (Å²) in [6.07, 6.45) is 10.5. The Hall–Kier alpha value is -3.73. The first-order chi connectivity index (χ1) is 17.7. The van der Waals surface area contributed by atoms with Crippen molar-refractivity contribution in [1.29, 1.82) is 5.26 Å². The number of aromatic nitrogens is 3. The number of fused-ring (bicyclic) bond motifs is 1. The van der Waals surface area contributed by atoms with E-state index in [0.29, 0.717) is 24.2 Å². The summed E-state index contributed by atoms with van der Waals surface area (Å²) >= 11 is 0. The van der Waals surface area contributed by atoms with E-state index in [1.54, 1.807) is 42.8 Å². The highest BCUT2D eigenvalue weighted by atomic mass is 19.1. The molecule has 0 unspecified atom stereocenters. The number of nitriles is 1. The molecule has 192 valence electrons. The van der Waals surface area contributed by atoms with Crippen molar-refractivity contribution in [3.8, 4) is 6.07 Å². The fourth-order valence-electron chi connectivity index (χ4n) is 5.81. The predicted octanol–water partition coefficient (Wildman–Crippen LogP) is 5.53. The van der Waals surface area contributed by atoms with Crippen molar-refractivity contribution in [1.82, 2.24) is 14.4 Å². The van der Waals surface area contributed by atoms with E-state index in [1.165, 1.54) is 6.07 Å². The number of cyclic esters (lactones) is 1. The molecule has 0 amide bonds. The van der Waals surface area contributed by atoms with Gasteiger partial charge in [0.1, 0.15) is 17.2 Å². The lowest BCUT2D eigenvalue weighted by atomic mass is 9.76. The molecular formula is C29H31FN4O3. The molecule has 0 spiro atoms. The Morgan fingerprint density at radius 2 is 2.08 bits per heavy atom. The van der Waals surface area contributed by atoms with Crippen molar-refractivity contribution < 1.29 is 19.0 Å². The molecule has 8 heteroatoms. The van der Waals surface area contributed by atoms with Crippen molar-refractivity contribution in [2.24, 2.45) is 5.92 Å². The number of imidazole rings is 1. The summed E-state index contributed by atoms with van der Waals surface area (Å²) in [7, 11) is 0. The zero-order chi connectivity index (χ0) is 26.2. The average molecular weight is 503 g/mol. The maximum atomic E-state index is 14.9. The van der Waals surface area contributed by atoms with Crippen LogP contribution in [0.5, 0.6) is 0 Å². The van der Waals surface area contributed by atoms with Crippen LogP contribution in [-0.2, 0) is 27.8 Å². The van der Waals surface area contributed by atoms with Gasteiger partial charge in [0.05, 0.1) is 23.3 Å². The standard InChI is InChI=1S/C29H31FN4O3/c1-28(2,18-31)23-9-8-19(14-24(23)30)10-11-29(20-6-3-4-7-20)16-25(35)22(26(36)37-29)15-21-17-33-27-32-12-5-13-34(21)27/h5,8-9,12-14,17,20,35H,3-4,6-7,10-11,15-16H2,1-2H3/t29-/m1/s1. The van der Waals surface area contributed by atoms with Gasteiger partial charge in [-0.05, 0) is 63.1 Å². The molecule has 5 rings (SSSR count). The molecule has 1 aliphatic heterocycles. The summed E-state index contributed by atoms with van der Waals surface area (Å²) in [5.41, 5.74) is 0.371. The molecule has 1 aliphatic carbocycles. The largest absolute Gasteiger partial charge is 0.512 e. The van der Waals surface area contributed by atoms with Crippen molar-refractivity contribution >= 4 is 11.7 Å². The molecule has 1 fully saturated rings. The molecule has 0 bridgehead atoms. The zero-order valence-corrected chi connectivity index (χ0v) is 21.2. The zero-order valence-electron chi connectivity index (χ0n) is 21.2. The Balaban J connectivity index is 1.39. The number of esters is 1. The van der Waals surface area contributed by atoms with Crippen molar-refractivity contribution in [2.75, 3.05) is 0 Å². The minimum Gasteiger partial charge on any atom is -0.512 e. The van der Waals surface area contributed by atoms with Gasteiger partial charge in [-0.1, -0.05) is 25.0 Å². The van der Waals surface area contributed by atoms with Crippen LogP contribution in [0.25, 0.3) is 5.78 Å². The molecular weight excluding hydrogens is 471 g/mol. The van der Waals surface area contributed by atoms with E-state index in [-0.39, 0.29) is 30.1 Å². The van der Waals surface area contributed by atoms with Gasteiger partial charge >= 0.3 is 5.97 Å². The number of carbonyl (C=O) groups is 1. The van der Waals surface area contributed by atoms with E-state index >= 15 is 0 Å². The summed E-state index contributed by atoms with van der Waals surface area (Å²) in [5, 5.41) is 20.5. The monoisotopic (exact) mass is 502 g/mol. The number of rotatable bonds is 7. The highest BCUT2D eigenvalue weighted by molar-refractivity contribution is 5.90. The number of hydrogen-bond acceptors (Lipinski definition) is 6. The average Bonchev–Trinajstić information content (AvgIpc) is 3.56. The van der Waals surface area contributed by atoms with Gasteiger partial charge in [0.2, 0.25) is 5.78 Å². The van der Waals surface area contributed by atoms with E-state index in [4.69, 9.17) is 4.74 Å². The third-order valence-corrected chi connectivity index (χ3v) is 8.00. The van der Waals surface area contributed by atoms with Gasteiger partial charge in [-0.25, -0.2) is 19.2 Å². The van der Waals surface area contributed by atoms with Gasteiger partial charge in [-0.3, -0.25) is 4.40 Å². The summed E-state index contributed by atoms with van der Waals surface area (Å²) in [5.74, 6) is -0.196. The van der Waals surface area contributed by atoms with E-state index in [1.807, 2.05) is 12.3 Å². The first-order valence-electron chi connectivity index (χ1n) is 12.8. The lowest BCUT2D eigenvalue weighted by Gasteiger charge is -2.42. The quantitative estimate of drug-likeness (QED) is 0.426. The van der Waals surface area contributed by atoms with Crippen LogP contribution in [0, 0.1) is 23.1 Å². The van der Waals surface area contributed by atoms with E-state index in [2.05, 4.69) is 16.0 Å². The Kier molecular flexibility index (Phi) is 6.49. The van der Waals surface area contributed by atoms with Crippen LogP contribution in [0.15, 0.2) is 54.2 Å². The van der Waals surface area contributed by atoms with E-state index < -0.39 is 22.8 Å². The fraction of sp³-hybridized carbons (Fsp3) is 0.448. The van der Waals surface area contributed by atoms with Crippen LogP contribution in [-0.4, -0.2) is 31.0 Å². The highest BCUT2D eigenvalue weighted by Crippen LogP contribution is 2.46. The first-order valence-corrected chi connectivity index (χ1v) is 12.8. The topological polar surface area (TPSA) is 101 Å². The molecule has 3 aromatic rings. The molecule has 0 saturated heterocycles. The number of aliphatic hydroxyl groups is 1. The predicted molar refractivity (Wildman–Crippen MR) is 135 cm³/mol. The van der Waals surface area contributed by atoms with Gasteiger partial charge in [0.15, 0.2) is 0 Å². The lowest BCUT2D eigenvalue weighted by molar-refractivity contribution is -0.167. The molecule has 3 heterocycles. The second kappa shape index (κ2) is 9.62. The maximum Gasteiger partial charge on any atom is 0.338 e. The summed E-state index contributed by atoms with van der Waals surface area (Å²) < 4.78 is 22.9. The fourth-order valence-corrected chi connectivity index (χ4v) is 5.81. The molecule has 37 heavy (non-hydrogen) atoms. The number of carbonyl (C=O) groups excluding carboxylic acids is 1. The molecule has 7 nitrogen and oxygen atoms in total. The number of aliphatic hydroxyl groups excluding tert-OH is 1. The Bertz CT molecular complexity index is 1410. The van der Waals surface area contributed by atoms with Crippen LogP contribution >= 0.6 is 0 Å². The first kappa shape index (κ1) is 24.9. The van der Waals surface area contributed by atoms with Gasteiger partial charge < -0.3 is 9.84 Å². The number of aryl methyl sites for hydroxylation is 1. The van der Waals surface area contributed by atoms with Crippen LogP contribution in [0.4, 0.5) is 4.39 Å². The van der Waals surface area contributed by atoms with Gasteiger partial charge in [0, 0.05) is 36.5 Å². The van der Waals surface area contributed by atoms with Gasteiger partial charge in [0.25, 0.3) is 0 Å². The SMILES string of the molecule is CC(C)(C#N)c1ccc(CC[C@]2(C3CCCC3)CC(O)=C(Cc3cnc4ncccn34)C(=O)O2)cc1F. The van der Waals surface area contributed by atoms with Crippen molar-refractivity contribution in [3.63, 3.8) is 0 Å². The van der Waals surface area contributed by atoms with E-state index in [0.717, 1.165) is 36.9 Å². The van der Waals surface area contributed by atoms with E-state index in [9.17, 15) is 19.6 Å². The molecule has 1 aromatic carbocycles. The Morgan fingerprint density at radius 3 is 2.78 bits per heavy atom. The van der Waals surface area contributed by atoms with Crippen LogP contribution in [0.1, 0.15) is 69.2 Å². The normalized spacial score (nSPS) is 20.9. The minimum atomic E-state index is -0.920. The van der Waals surface area contributed by atoms with Gasteiger partial charge in [-0.2, -0.15) is 5.26 Å². The number of halogens is 1. The Morgan fingerprint density at radius 1 is 1.30 bits per heavy atom. The molecule has 2 aliphatic rings. The Labute approximate surface area is 215 Å². The number of ether oxygens (including phenoxy) is 1. The van der Waals surface area contributed by atoms with Crippen LogP contribution in [0.3, 0.4) is 0 Å². The molecule has 1 atom stereocenters. The third-order valence-electron chi connectivity index (χ3n) is 8.00. The number of hydrogen-bond donors (Lipinski definition) is 1. The summed E-state index contributed by atoms with van der Waals surface area (Å²) in [4.78, 5) is 21.8. The second-order valence-corrected chi connectivity index (χ2v) is 10.8.